The highest BCUT2D eigenvalue weighted by Crippen LogP contribution is 2.41. The summed E-state index contributed by atoms with van der Waals surface area (Å²) in [5.41, 5.74) is 2.17. The average Bonchev–Trinajstić information content (AvgIpc) is 3.24. The van der Waals surface area contributed by atoms with Crippen LogP contribution in [0.25, 0.3) is 17.5 Å². The standard InChI is InChI=1S/C21H27N3O2/c1-4-18-23-20(26-24-18)16-10-7-15(8-11-16)9-12-19(25)22-14-17-6-5-13-21(17,2)3/h7-12,17H,4-6,13-14H2,1-3H3,(H,22,25)/b12-9+. The Kier molecular flexibility index (Phi) is 5.55. The zero-order valence-electron chi connectivity index (χ0n) is 15.8. The van der Waals surface area contributed by atoms with Gasteiger partial charge in [0.2, 0.25) is 5.91 Å². The van der Waals surface area contributed by atoms with Crippen molar-refractivity contribution in [3.05, 3.63) is 41.7 Å². The lowest BCUT2D eigenvalue weighted by molar-refractivity contribution is -0.116. The minimum Gasteiger partial charge on any atom is -0.352 e. The maximum Gasteiger partial charge on any atom is 0.257 e. The Bertz CT molecular complexity index is 775. The third-order valence-corrected chi connectivity index (χ3v) is 5.37. The number of rotatable bonds is 6. The first-order chi connectivity index (χ1) is 12.5. The Morgan fingerprint density at radius 2 is 2.12 bits per heavy atom. The Morgan fingerprint density at radius 3 is 2.73 bits per heavy atom. The highest BCUT2D eigenvalue weighted by molar-refractivity contribution is 5.91. The van der Waals surface area contributed by atoms with Gasteiger partial charge >= 0.3 is 0 Å². The summed E-state index contributed by atoms with van der Waals surface area (Å²) in [6.45, 7) is 7.33. The highest BCUT2D eigenvalue weighted by atomic mass is 16.5. The van der Waals surface area contributed by atoms with Crippen LogP contribution in [0.5, 0.6) is 0 Å². The maximum absolute atomic E-state index is 12.1. The minimum atomic E-state index is -0.0405. The lowest BCUT2D eigenvalue weighted by Crippen LogP contribution is -2.32. The van der Waals surface area contributed by atoms with Crippen molar-refractivity contribution in [1.82, 2.24) is 15.5 Å². The molecule has 1 saturated carbocycles. The summed E-state index contributed by atoms with van der Waals surface area (Å²) in [6.07, 6.45) is 7.87. The molecule has 1 heterocycles. The van der Waals surface area contributed by atoms with Gasteiger partial charge in [-0.05, 0) is 47.9 Å². The molecular formula is C21H27N3O2. The van der Waals surface area contributed by atoms with Crippen LogP contribution in [0, 0.1) is 11.3 Å². The molecule has 1 aromatic carbocycles. The second-order valence-electron chi connectivity index (χ2n) is 7.65. The molecule has 0 spiro atoms. The van der Waals surface area contributed by atoms with Crippen molar-refractivity contribution in [1.29, 1.82) is 0 Å². The Hall–Kier alpha value is -2.43. The van der Waals surface area contributed by atoms with Crippen LogP contribution >= 0.6 is 0 Å². The van der Waals surface area contributed by atoms with E-state index in [0.29, 0.717) is 23.0 Å². The molecule has 1 amide bonds. The number of hydrogen-bond acceptors (Lipinski definition) is 4. The maximum atomic E-state index is 12.1. The van der Waals surface area contributed by atoms with Gasteiger partial charge in [-0.3, -0.25) is 4.79 Å². The van der Waals surface area contributed by atoms with Crippen molar-refractivity contribution in [2.24, 2.45) is 11.3 Å². The van der Waals surface area contributed by atoms with E-state index in [1.807, 2.05) is 37.3 Å². The molecule has 2 aromatic rings. The van der Waals surface area contributed by atoms with Gasteiger partial charge in [0.05, 0.1) is 0 Å². The number of aryl methyl sites for hydroxylation is 1. The van der Waals surface area contributed by atoms with Crippen molar-refractivity contribution in [2.45, 2.75) is 46.5 Å². The van der Waals surface area contributed by atoms with Gasteiger partial charge < -0.3 is 9.84 Å². The van der Waals surface area contributed by atoms with E-state index < -0.39 is 0 Å². The predicted molar refractivity (Wildman–Crippen MR) is 102 cm³/mol. The number of carbonyl (C=O) groups excluding carboxylic acids is 1. The predicted octanol–water partition coefficient (Wildman–Crippen LogP) is 4.25. The van der Waals surface area contributed by atoms with E-state index in [0.717, 1.165) is 24.1 Å². The largest absolute Gasteiger partial charge is 0.352 e. The molecule has 0 saturated heterocycles. The molecule has 0 aliphatic heterocycles. The van der Waals surface area contributed by atoms with Crippen molar-refractivity contribution in [3.8, 4) is 11.5 Å². The number of amides is 1. The van der Waals surface area contributed by atoms with E-state index in [9.17, 15) is 4.79 Å². The number of nitrogens with zero attached hydrogens (tertiary/aromatic N) is 2. The molecule has 0 bridgehead atoms. The third-order valence-electron chi connectivity index (χ3n) is 5.37. The molecule has 1 fully saturated rings. The lowest BCUT2D eigenvalue weighted by Gasteiger charge is -2.26. The normalized spacial score (nSPS) is 19.1. The van der Waals surface area contributed by atoms with Crippen LogP contribution in [-0.2, 0) is 11.2 Å². The van der Waals surface area contributed by atoms with E-state index in [-0.39, 0.29) is 5.91 Å². The number of benzene rings is 1. The topological polar surface area (TPSA) is 68.0 Å². The van der Waals surface area contributed by atoms with Gasteiger partial charge in [-0.25, -0.2) is 0 Å². The zero-order chi connectivity index (χ0) is 18.6. The Morgan fingerprint density at radius 1 is 1.35 bits per heavy atom. The average molecular weight is 353 g/mol. The number of aromatic nitrogens is 2. The molecule has 3 rings (SSSR count). The van der Waals surface area contributed by atoms with Gasteiger partial charge in [0.1, 0.15) is 0 Å². The summed E-state index contributed by atoms with van der Waals surface area (Å²) >= 11 is 0. The second-order valence-corrected chi connectivity index (χ2v) is 7.65. The number of nitrogens with one attached hydrogen (secondary N) is 1. The molecule has 1 N–H and O–H groups in total. The van der Waals surface area contributed by atoms with E-state index in [4.69, 9.17) is 4.52 Å². The third kappa shape index (κ3) is 4.40. The van der Waals surface area contributed by atoms with Crippen molar-refractivity contribution < 1.29 is 9.32 Å². The van der Waals surface area contributed by atoms with Crippen LogP contribution in [-0.4, -0.2) is 22.6 Å². The first-order valence-electron chi connectivity index (χ1n) is 9.37. The summed E-state index contributed by atoms with van der Waals surface area (Å²) in [5, 5.41) is 6.94. The lowest BCUT2D eigenvalue weighted by atomic mass is 9.82. The van der Waals surface area contributed by atoms with Crippen LogP contribution in [0.3, 0.4) is 0 Å². The van der Waals surface area contributed by atoms with Crippen molar-refractivity contribution in [3.63, 3.8) is 0 Å². The summed E-state index contributed by atoms with van der Waals surface area (Å²) in [4.78, 5) is 16.4. The van der Waals surface area contributed by atoms with Crippen molar-refractivity contribution in [2.75, 3.05) is 6.54 Å². The fourth-order valence-electron chi connectivity index (χ4n) is 3.48. The molecule has 1 aliphatic rings. The Balaban J connectivity index is 1.54. The van der Waals surface area contributed by atoms with E-state index in [2.05, 4.69) is 29.3 Å². The summed E-state index contributed by atoms with van der Waals surface area (Å²) in [6, 6.07) is 7.72. The van der Waals surface area contributed by atoms with Crippen LogP contribution in [0.15, 0.2) is 34.9 Å². The smallest absolute Gasteiger partial charge is 0.257 e. The van der Waals surface area contributed by atoms with Gasteiger partial charge in [-0.1, -0.05) is 44.5 Å². The first-order valence-corrected chi connectivity index (χ1v) is 9.37. The van der Waals surface area contributed by atoms with Crippen molar-refractivity contribution >= 4 is 12.0 Å². The molecule has 26 heavy (non-hydrogen) atoms. The van der Waals surface area contributed by atoms with Crippen LogP contribution < -0.4 is 5.32 Å². The van der Waals surface area contributed by atoms with Gasteiger partial charge in [-0.15, -0.1) is 0 Å². The van der Waals surface area contributed by atoms with Crippen LogP contribution in [0.2, 0.25) is 0 Å². The van der Waals surface area contributed by atoms with E-state index in [1.165, 1.54) is 19.3 Å². The van der Waals surface area contributed by atoms with Gasteiger partial charge in [0.25, 0.3) is 5.89 Å². The van der Waals surface area contributed by atoms with Gasteiger partial charge in [0, 0.05) is 24.6 Å². The second kappa shape index (κ2) is 7.85. The molecule has 138 valence electrons. The van der Waals surface area contributed by atoms with Crippen LogP contribution in [0.1, 0.15) is 51.4 Å². The van der Waals surface area contributed by atoms with E-state index >= 15 is 0 Å². The van der Waals surface area contributed by atoms with Crippen LogP contribution in [0.4, 0.5) is 0 Å². The molecule has 1 aliphatic carbocycles. The molecule has 1 unspecified atom stereocenters. The fourth-order valence-corrected chi connectivity index (χ4v) is 3.48. The van der Waals surface area contributed by atoms with E-state index in [1.54, 1.807) is 6.08 Å². The SMILES string of the molecule is CCc1noc(-c2ccc(/C=C/C(=O)NCC3CCCC3(C)C)cc2)n1. The summed E-state index contributed by atoms with van der Waals surface area (Å²) in [5.74, 6) is 1.75. The Labute approximate surface area is 154 Å². The zero-order valence-corrected chi connectivity index (χ0v) is 15.8. The summed E-state index contributed by atoms with van der Waals surface area (Å²) < 4.78 is 5.23. The highest BCUT2D eigenvalue weighted by Gasteiger charge is 2.34. The molecular weight excluding hydrogens is 326 g/mol. The molecule has 5 heteroatoms. The molecule has 1 atom stereocenters. The number of carbonyl (C=O) groups is 1. The first kappa shape index (κ1) is 18.4. The monoisotopic (exact) mass is 353 g/mol. The quantitative estimate of drug-likeness (QED) is 0.788. The number of hydrogen-bond donors (Lipinski definition) is 1. The molecule has 5 nitrogen and oxygen atoms in total. The minimum absolute atomic E-state index is 0.0405. The fraction of sp³-hybridized carbons (Fsp3) is 0.476. The van der Waals surface area contributed by atoms with Gasteiger partial charge in [0.15, 0.2) is 5.82 Å². The molecule has 0 radical (unpaired) electrons. The van der Waals surface area contributed by atoms with Gasteiger partial charge in [-0.2, -0.15) is 4.98 Å². The molecule has 1 aromatic heterocycles. The summed E-state index contributed by atoms with van der Waals surface area (Å²) in [7, 11) is 0.